The van der Waals surface area contributed by atoms with Crippen molar-refractivity contribution in [3.8, 4) is 0 Å². The third-order valence-electron chi connectivity index (χ3n) is 2.32. The average Bonchev–Trinajstić information content (AvgIpc) is 2.34. The van der Waals surface area contributed by atoms with Gasteiger partial charge in [-0.3, -0.25) is 4.79 Å². The summed E-state index contributed by atoms with van der Waals surface area (Å²) in [6.45, 7) is 0. The molecule has 2 aromatic rings. The number of anilines is 1. The second kappa shape index (κ2) is 5.33. The molecule has 5 heteroatoms. The van der Waals surface area contributed by atoms with Crippen LogP contribution in [-0.4, -0.2) is 5.91 Å². The molecule has 1 amide bonds. The third-order valence-corrected chi connectivity index (χ3v) is 3.65. The minimum Gasteiger partial charge on any atom is -0.399 e. The highest BCUT2D eigenvalue weighted by Crippen LogP contribution is 2.30. The molecule has 0 saturated carbocycles. The summed E-state index contributed by atoms with van der Waals surface area (Å²) < 4.78 is 0. The minimum absolute atomic E-state index is 0.331. The molecule has 0 unspecified atom stereocenters. The van der Waals surface area contributed by atoms with Gasteiger partial charge in [0.2, 0.25) is 5.91 Å². The first-order valence-electron chi connectivity index (χ1n) is 5.19. The molecular weight excluding hydrogens is 268 g/mol. The number of carbonyl (C=O) groups excluding carboxylic acids is 1. The number of hydrogen-bond donors (Lipinski definition) is 2. The van der Waals surface area contributed by atoms with Gasteiger partial charge in [-0.25, -0.2) is 0 Å². The van der Waals surface area contributed by atoms with Gasteiger partial charge in [-0.1, -0.05) is 23.4 Å². The summed E-state index contributed by atoms with van der Waals surface area (Å²) >= 11 is 7.40. The number of nitrogens with two attached hydrogens (primary N) is 2. The molecule has 0 heterocycles. The van der Waals surface area contributed by atoms with Crippen molar-refractivity contribution in [2.75, 3.05) is 5.73 Å². The van der Waals surface area contributed by atoms with E-state index >= 15 is 0 Å². The predicted molar refractivity (Wildman–Crippen MR) is 74.9 cm³/mol. The SMILES string of the molecule is NC(=O)c1cc(Sc2ccc(N)cc2)ccc1Cl. The Labute approximate surface area is 114 Å². The maximum atomic E-state index is 11.2. The smallest absolute Gasteiger partial charge is 0.250 e. The first-order valence-corrected chi connectivity index (χ1v) is 6.38. The van der Waals surface area contributed by atoms with Gasteiger partial charge in [0, 0.05) is 15.5 Å². The number of halogens is 1. The summed E-state index contributed by atoms with van der Waals surface area (Å²) in [6.07, 6.45) is 0. The van der Waals surface area contributed by atoms with Crippen molar-refractivity contribution < 1.29 is 4.79 Å². The van der Waals surface area contributed by atoms with Crippen LogP contribution >= 0.6 is 23.4 Å². The topological polar surface area (TPSA) is 69.1 Å². The normalized spacial score (nSPS) is 10.3. The molecule has 0 aliphatic carbocycles. The lowest BCUT2D eigenvalue weighted by Crippen LogP contribution is -2.11. The number of carbonyl (C=O) groups is 1. The quantitative estimate of drug-likeness (QED) is 0.847. The zero-order chi connectivity index (χ0) is 13.1. The summed E-state index contributed by atoms with van der Waals surface area (Å²) in [4.78, 5) is 13.1. The molecule has 0 spiro atoms. The molecule has 0 aliphatic heterocycles. The Balaban J connectivity index is 2.27. The van der Waals surface area contributed by atoms with E-state index in [1.807, 2.05) is 30.3 Å². The molecular formula is C13H11ClN2OS. The highest BCUT2D eigenvalue weighted by atomic mass is 35.5. The van der Waals surface area contributed by atoms with Crippen molar-refractivity contribution in [1.29, 1.82) is 0 Å². The Morgan fingerprint density at radius 2 is 1.67 bits per heavy atom. The maximum absolute atomic E-state index is 11.2. The lowest BCUT2D eigenvalue weighted by Gasteiger charge is -2.05. The standard InChI is InChI=1S/C13H11ClN2OS/c14-12-6-5-10(7-11(12)13(16)17)18-9-3-1-8(15)2-4-9/h1-7H,15H2,(H2,16,17). The molecule has 4 N–H and O–H groups in total. The Kier molecular flexibility index (Phi) is 3.79. The van der Waals surface area contributed by atoms with Crippen LogP contribution in [0.3, 0.4) is 0 Å². The van der Waals surface area contributed by atoms with E-state index in [-0.39, 0.29) is 0 Å². The van der Waals surface area contributed by atoms with E-state index in [1.54, 1.807) is 12.1 Å². The van der Waals surface area contributed by atoms with E-state index < -0.39 is 5.91 Å². The van der Waals surface area contributed by atoms with Crippen molar-refractivity contribution in [2.45, 2.75) is 9.79 Å². The van der Waals surface area contributed by atoms with E-state index in [4.69, 9.17) is 23.1 Å². The highest BCUT2D eigenvalue weighted by Gasteiger charge is 2.08. The van der Waals surface area contributed by atoms with Crippen molar-refractivity contribution >= 4 is 35.0 Å². The summed E-state index contributed by atoms with van der Waals surface area (Å²) in [5, 5.41) is 0.365. The monoisotopic (exact) mass is 278 g/mol. The molecule has 2 aromatic carbocycles. The molecule has 0 saturated heterocycles. The Morgan fingerprint density at radius 1 is 1.06 bits per heavy atom. The van der Waals surface area contributed by atoms with Gasteiger partial charge in [0.25, 0.3) is 0 Å². The molecule has 18 heavy (non-hydrogen) atoms. The van der Waals surface area contributed by atoms with Crippen LogP contribution in [0.15, 0.2) is 52.3 Å². The first-order chi connectivity index (χ1) is 8.56. The van der Waals surface area contributed by atoms with Crippen LogP contribution < -0.4 is 11.5 Å². The third kappa shape index (κ3) is 2.97. The number of benzene rings is 2. The van der Waals surface area contributed by atoms with Crippen LogP contribution in [0.25, 0.3) is 0 Å². The zero-order valence-corrected chi connectivity index (χ0v) is 11.0. The second-order valence-electron chi connectivity index (χ2n) is 3.68. The van der Waals surface area contributed by atoms with Gasteiger partial charge in [-0.15, -0.1) is 0 Å². The fourth-order valence-electron chi connectivity index (χ4n) is 1.43. The van der Waals surface area contributed by atoms with E-state index in [0.29, 0.717) is 16.3 Å². The number of primary amides is 1. The van der Waals surface area contributed by atoms with E-state index in [1.165, 1.54) is 11.8 Å². The van der Waals surface area contributed by atoms with Crippen molar-refractivity contribution in [2.24, 2.45) is 5.73 Å². The molecule has 3 nitrogen and oxygen atoms in total. The van der Waals surface area contributed by atoms with Crippen LogP contribution in [0.5, 0.6) is 0 Å². The summed E-state index contributed by atoms with van der Waals surface area (Å²) in [5.74, 6) is -0.528. The van der Waals surface area contributed by atoms with E-state index in [2.05, 4.69) is 0 Å². The van der Waals surface area contributed by atoms with Gasteiger partial charge >= 0.3 is 0 Å². The fraction of sp³-hybridized carbons (Fsp3) is 0. The lowest BCUT2D eigenvalue weighted by atomic mass is 10.2. The highest BCUT2D eigenvalue weighted by molar-refractivity contribution is 7.99. The van der Waals surface area contributed by atoms with Crippen LogP contribution in [-0.2, 0) is 0 Å². The zero-order valence-electron chi connectivity index (χ0n) is 9.39. The van der Waals surface area contributed by atoms with Gasteiger partial charge < -0.3 is 11.5 Å². The van der Waals surface area contributed by atoms with E-state index in [0.717, 1.165) is 9.79 Å². The van der Waals surface area contributed by atoms with Crippen LogP contribution in [0.2, 0.25) is 5.02 Å². The number of amides is 1. The minimum atomic E-state index is -0.528. The van der Waals surface area contributed by atoms with E-state index in [9.17, 15) is 4.79 Å². The number of rotatable bonds is 3. The molecule has 0 radical (unpaired) electrons. The van der Waals surface area contributed by atoms with Gasteiger partial charge in [0.05, 0.1) is 10.6 Å². The van der Waals surface area contributed by atoms with Gasteiger partial charge in [0.15, 0.2) is 0 Å². The molecule has 0 atom stereocenters. The number of hydrogen-bond acceptors (Lipinski definition) is 3. The Morgan fingerprint density at radius 3 is 2.28 bits per heavy atom. The van der Waals surface area contributed by atoms with Crippen molar-refractivity contribution in [3.63, 3.8) is 0 Å². The lowest BCUT2D eigenvalue weighted by molar-refractivity contribution is 0.1000. The van der Waals surface area contributed by atoms with Crippen molar-refractivity contribution in [1.82, 2.24) is 0 Å². The first kappa shape index (κ1) is 12.8. The maximum Gasteiger partial charge on any atom is 0.250 e. The number of nitrogen functional groups attached to an aromatic ring is 1. The van der Waals surface area contributed by atoms with Gasteiger partial charge in [-0.2, -0.15) is 0 Å². The summed E-state index contributed by atoms with van der Waals surface area (Å²) in [6, 6.07) is 12.7. The largest absolute Gasteiger partial charge is 0.399 e. The molecule has 0 aromatic heterocycles. The Bertz CT molecular complexity index is 584. The van der Waals surface area contributed by atoms with Crippen LogP contribution in [0.1, 0.15) is 10.4 Å². The second-order valence-corrected chi connectivity index (χ2v) is 5.23. The summed E-state index contributed by atoms with van der Waals surface area (Å²) in [7, 11) is 0. The Hall–Kier alpha value is -1.65. The van der Waals surface area contributed by atoms with Gasteiger partial charge in [0.1, 0.15) is 0 Å². The molecule has 0 bridgehead atoms. The summed E-state index contributed by atoms with van der Waals surface area (Å²) in [5.41, 5.74) is 11.9. The molecule has 2 rings (SSSR count). The van der Waals surface area contributed by atoms with Gasteiger partial charge in [-0.05, 0) is 42.5 Å². The average molecular weight is 279 g/mol. The van der Waals surface area contributed by atoms with Crippen LogP contribution in [0, 0.1) is 0 Å². The van der Waals surface area contributed by atoms with Crippen molar-refractivity contribution in [3.05, 3.63) is 53.1 Å². The fourth-order valence-corrected chi connectivity index (χ4v) is 2.50. The van der Waals surface area contributed by atoms with Crippen LogP contribution in [0.4, 0.5) is 5.69 Å². The molecule has 0 fully saturated rings. The molecule has 92 valence electrons. The predicted octanol–water partition coefficient (Wildman–Crippen LogP) is 3.17. The molecule has 0 aliphatic rings.